The van der Waals surface area contributed by atoms with E-state index in [1.807, 2.05) is 0 Å². The predicted molar refractivity (Wildman–Crippen MR) is 96.8 cm³/mol. The van der Waals surface area contributed by atoms with Crippen molar-refractivity contribution >= 4 is 19.9 Å². The van der Waals surface area contributed by atoms with Crippen molar-refractivity contribution in [2.24, 2.45) is 0 Å². The third-order valence-electron chi connectivity index (χ3n) is 5.60. The van der Waals surface area contributed by atoms with Gasteiger partial charge in [0.1, 0.15) is 4.90 Å². The molecule has 1 heterocycles. The summed E-state index contributed by atoms with van der Waals surface area (Å²) < 4.78 is 51.8. The van der Waals surface area contributed by atoms with Gasteiger partial charge in [0.2, 0.25) is 10.0 Å². The zero-order valence-corrected chi connectivity index (χ0v) is 16.4. The quantitative estimate of drug-likeness (QED) is 0.744. The van der Waals surface area contributed by atoms with E-state index in [4.69, 9.17) is 0 Å². The topological polar surface area (TPSA) is 74.8 Å². The lowest BCUT2D eigenvalue weighted by molar-refractivity contribution is 0.0617. The van der Waals surface area contributed by atoms with Crippen molar-refractivity contribution in [1.29, 1.82) is 0 Å². The molecule has 0 unspecified atom stereocenters. The fourth-order valence-corrected chi connectivity index (χ4v) is 6.96. The lowest BCUT2D eigenvalue weighted by Gasteiger charge is -2.46. The molecule has 140 valence electrons. The molecule has 1 spiro atoms. The number of sulfone groups is 1. The van der Waals surface area contributed by atoms with E-state index in [1.165, 1.54) is 32.6 Å². The summed E-state index contributed by atoms with van der Waals surface area (Å²) in [6.45, 7) is 1.41. The van der Waals surface area contributed by atoms with Crippen LogP contribution in [0.3, 0.4) is 0 Å². The summed E-state index contributed by atoms with van der Waals surface area (Å²) >= 11 is 0. The Kier molecular flexibility index (Phi) is 5.00. The van der Waals surface area contributed by atoms with Crippen molar-refractivity contribution in [3.05, 3.63) is 24.3 Å². The van der Waals surface area contributed by atoms with Gasteiger partial charge in [0.15, 0.2) is 9.84 Å². The van der Waals surface area contributed by atoms with Gasteiger partial charge >= 0.3 is 0 Å². The van der Waals surface area contributed by atoms with Crippen LogP contribution in [0.1, 0.15) is 32.1 Å². The highest BCUT2D eigenvalue weighted by Gasteiger charge is 2.45. The van der Waals surface area contributed by atoms with Crippen LogP contribution >= 0.6 is 0 Å². The van der Waals surface area contributed by atoms with E-state index in [0.717, 1.165) is 36.5 Å². The zero-order chi connectivity index (χ0) is 18.3. The second-order valence-electron chi connectivity index (χ2n) is 7.22. The summed E-state index contributed by atoms with van der Waals surface area (Å²) in [5.74, 6) is -0.0469. The molecule has 1 saturated heterocycles. The van der Waals surface area contributed by atoms with Crippen LogP contribution in [0.25, 0.3) is 0 Å². The van der Waals surface area contributed by atoms with Gasteiger partial charge in [-0.25, -0.2) is 21.1 Å². The number of benzene rings is 1. The van der Waals surface area contributed by atoms with Crippen LogP contribution in [0, 0.1) is 0 Å². The highest BCUT2D eigenvalue weighted by Crippen LogP contribution is 2.45. The predicted octanol–water partition coefficient (Wildman–Crippen LogP) is 1.73. The first kappa shape index (κ1) is 18.8. The number of nitrogens with zero attached hydrogens (tertiary/aromatic N) is 2. The fraction of sp³-hybridized carbons (Fsp3) is 0.647. The van der Waals surface area contributed by atoms with Gasteiger partial charge in [-0.3, -0.25) is 4.90 Å². The first-order chi connectivity index (χ1) is 11.7. The minimum atomic E-state index is -3.80. The van der Waals surface area contributed by atoms with E-state index >= 15 is 0 Å². The van der Waals surface area contributed by atoms with E-state index in [9.17, 15) is 16.8 Å². The second kappa shape index (κ2) is 6.64. The van der Waals surface area contributed by atoms with E-state index in [1.54, 1.807) is 12.1 Å². The van der Waals surface area contributed by atoms with Crippen LogP contribution in [-0.2, 0) is 19.9 Å². The van der Waals surface area contributed by atoms with Gasteiger partial charge in [-0.05, 0) is 50.8 Å². The van der Waals surface area contributed by atoms with Gasteiger partial charge in [0.05, 0.1) is 10.6 Å². The van der Waals surface area contributed by atoms with Crippen molar-refractivity contribution in [3.63, 3.8) is 0 Å². The van der Waals surface area contributed by atoms with Gasteiger partial charge in [0.25, 0.3) is 0 Å². The van der Waals surface area contributed by atoms with Gasteiger partial charge in [-0.1, -0.05) is 12.1 Å². The number of sulfonamides is 1. The van der Waals surface area contributed by atoms with Crippen LogP contribution in [0.2, 0.25) is 0 Å². The SMILES string of the molecule is CN(C)S(=O)(=O)c1ccccc1S(=O)(=O)CCN1CCCC12CCC2. The minimum Gasteiger partial charge on any atom is -0.297 e. The molecule has 25 heavy (non-hydrogen) atoms. The molecule has 3 rings (SSSR count). The molecule has 1 aromatic rings. The molecule has 1 aliphatic carbocycles. The third-order valence-corrected chi connectivity index (χ3v) is 9.35. The monoisotopic (exact) mass is 386 g/mol. The maximum atomic E-state index is 12.9. The Morgan fingerprint density at radius 2 is 1.60 bits per heavy atom. The smallest absolute Gasteiger partial charge is 0.243 e. The van der Waals surface area contributed by atoms with Crippen LogP contribution in [-0.4, -0.2) is 64.5 Å². The van der Waals surface area contributed by atoms with Crippen molar-refractivity contribution in [3.8, 4) is 0 Å². The van der Waals surface area contributed by atoms with E-state index in [0.29, 0.717) is 6.54 Å². The zero-order valence-electron chi connectivity index (χ0n) is 14.8. The number of rotatable bonds is 6. The van der Waals surface area contributed by atoms with Crippen LogP contribution in [0.15, 0.2) is 34.1 Å². The highest BCUT2D eigenvalue weighted by atomic mass is 32.2. The second-order valence-corrected chi connectivity index (χ2v) is 11.4. The van der Waals surface area contributed by atoms with Crippen molar-refractivity contribution in [2.45, 2.75) is 47.4 Å². The van der Waals surface area contributed by atoms with Gasteiger partial charge < -0.3 is 0 Å². The minimum absolute atomic E-state index is 0.0469. The van der Waals surface area contributed by atoms with Crippen LogP contribution in [0.4, 0.5) is 0 Å². The Morgan fingerprint density at radius 3 is 2.16 bits per heavy atom. The molecule has 0 bridgehead atoms. The first-order valence-corrected chi connectivity index (χ1v) is 11.8. The van der Waals surface area contributed by atoms with E-state index < -0.39 is 19.9 Å². The Morgan fingerprint density at radius 1 is 1.00 bits per heavy atom. The standard InChI is InChI=1S/C17H26N2O4S2/c1-18(2)25(22,23)16-8-4-3-7-15(16)24(20,21)14-13-19-12-6-11-17(19)9-5-10-17/h3-4,7-8H,5-6,9-14H2,1-2H3. The third kappa shape index (κ3) is 3.37. The van der Waals surface area contributed by atoms with Crippen molar-refractivity contribution in [2.75, 3.05) is 32.9 Å². The lowest BCUT2D eigenvalue weighted by Crippen LogP contribution is -2.50. The average molecular weight is 387 g/mol. The molecule has 0 amide bonds. The van der Waals surface area contributed by atoms with E-state index in [-0.39, 0.29) is 21.1 Å². The normalized spacial score (nSPS) is 20.9. The molecule has 2 fully saturated rings. The summed E-state index contributed by atoms with van der Waals surface area (Å²) in [4.78, 5) is 2.07. The van der Waals surface area contributed by atoms with Crippen LogP contribution in [0.5, 0.6) is 0 Å². The Hall–Kier alpha value is -0.960. The summed E-state index contributed by atoms with van der Waals surface area (Å²) in [6, 6.07) is 5.89. The summed E-state index contributed by atoms with van der Waals surface area (Å²) in [5, 5.41) is 0. The molecule has 0 radical (unpaired) electrons. The highest BCUT2D eigenvalue weighted by molar-refractivity contribution is 7.93. The molecule has 0 atom stereocenters. The average Bonchev–Trinajstić information content (AvgIpc) is 2.97. The number of hydrogen-bond donors (Lipinski definition) is 0. The van der Waals surface area contributed by atoms with Crippen molar-refractivity contribution in [1.82, 2.24) is 9.21 Å². The molecule has 1 aliphatic heterocycles. The molecule has 6 nitrogen and oxygen atoms in total. The van der Waals surface area contributed by atoms with Crippen molar-refractivity contribution < 1.29 is 16.8 Å². The maximum Gasteiger partial charge on any atom is 0.243 e. The van der Waals surface area contributed by atoms with Crippen LogP contribution < -0.4 is 0 Å². The fourth-order valence-electron chi connectivity index (χ4n) is 3.95. The van der Waals surface area contributed by atoms with Gasteiger partial charge in [-0.15, -0.1) is 0 Å². The molecule has 2 aliphatic rings. The Bertz CT molecular complexity index is 843. The summed E-state index contributed by atoms with van der Waals surface area (Å²) in [5.41, 5.74) is 0.213. The molecule has 8 heteroatoms. The van der Waals surface area contributed by atoms with Gasteiger partial charge in [0, 0.05) is 26.2 Å². The molecular formula is C17H26N2O4S2. The Balaban J connectivity index is 1.84. The molecule has 1 aromatic carbocycles. The molecular weight excluding hydrogens is 360 g/mol. The van der Waals surface area contributed by atoms with E-state index in [2.05, 4.69) is 4.90 Å². The van der Waals surface area contributed by atoms with Gasteiger partial charge in [-0.2, -0.15) is 0 Å². The Labute approximate surface area is 150 Å². The summed E-state index contributed by atoms with van der Waals surface area (Å²) in [7, 11) is -4.67. The number of likely N-dealkylation sites (tertiary alicyclic amines) is 1. The summed E-state index contributed by atoms with van der Waals surface area (Å²) in [6.07, 6.45) is 5.79. The maximum absolute atomic E-state index is 12.9. The molecule has 0 aromatic heterocycles. The molecule has 1 saturated carbocycles. The largest absolute Gasteiger partial charge is 0.297 e. The number of hydrogen-bond acceptors (Lipinski definition) is 5. The first-order valence-electron chi connectivity index (χ1n) is 8.68. The molecule has 0 N–H and O–H groups in total. The lowest BCUT2D eigenvalue weighted by atomic mass is 9.75.